The predicted molar refractivity (Wildman–Crippen MR) is 148 cm³/mol. The first kappa shape index (κ1) is 77.4. The summed E-state index contributed by atoms with van der Waals surface area (Å²) < 4.78 is 118. The van der Waals surface area contributed by atoms with Gasteiger partial charge in [-0.2, -0.15) is 12.8 Å². The molecule has 0 bridgehead atoms. The quantitative estimate of drug-likeness (QED) is 0.0589. The number of rotatable bonds is 2. The maximum absolute atomic E-state index is 10.7. The third-order valence-electron chi connectivity index (χ3n) is 1.07. The summed E-state index contributed by atoms with van der Waals surface area (Å²) in [5.41, 5.74) is 9.93. The van der Waals surface area contributed by atoms with E-state index in [9.17, 15) is 50.4 Å². The number of nitrogens with two attached hydrogens (primary N) is 2. The second-order valence-electron chi connectivity index (χ2n) is 4.61. The van der Waals surface area contributed by atoms with E-state index in [2.05, 4.69) is 13.8 Å². The molecule has 0 atom stereocenters. The van der Waals surface area contributed by atoms with Gasteiger partial charge < -0.3 is 92.1 Å². The fraction of sp³-hybridized carbons (Fsp3) is 0.333. The van der Waals surface area contributed by atoms with Crippen molar-refractivity contribution in [3.63, 3.8) is 0 Å². The Labute approximate surface area is 271 Å². The van der Waals surface area contributed by atoms with Crippen LogP contribution in [-0.2, 0) is 92.9 Å². The van der Waals surface area contributed by atoms with E-state index in [4.69, 9.17) is 16.9 Å². The van der Waals surface area contributed by atoms with Crippen molar-refractivity contribution >= 4 is 75.8 Å². The van der Waals surface area contributed by atoms with Gasteiger partial charge in [0.05, 0.1) is 0 Å². The molecule has 1 aromatic carbocycles. The van der Waals surface area contributed by atoms with E-state index in [0.29, 0.717) is 13.1 Å². The molecule has 0 saturated heterocycles. The molecule has 1 rings (SSSR count). The van der Waals surface area contributed by atoms with Gasteiger partial charge in [0, 0.05) is 0 Å². The molecule has 244 valence electrons. The van der Waals surface area contributed by atoms with Gasteiger partial charge in [-0.15, -0.1) is 0 Å². The fourth-order valence-electron chi connectivity index (χ4n) is 0.385. The van der Waals surface area contributed by atoms with Crippen LogP contribution in [0.1, 0.15) is 19.8 Å². The van der Waals surface area contributed by atoms with Crippen LogP contribution >= 0.6 is 15.6 Å². The van der Waals surface area contributed by atoms with E-state index >= 15 is 0 Å². The Kier molecular flexibility index (Phi) is 61.0. The minimum Gasteiger partial charge on any atom is -0.813 e. The predicted octanol–water partition coefficient (Wildman–Crippen LogP) is 8.80. The Bertz CT molecular complexity index is 474. The number of hydrogen-bond donors (Lipinski definition) is 2. The fourth-order valence-corrected chi connectivity index (χ4v) is 0.385. The number of hydrogen-bond acceptors (Lipinski definition) is 6. The molecule has 0 amide bonds. The summed E-state index contributed by atoms with van der Waals surface area (Å²) in [5, 5.41) is 7.44. The molecule has 0 aliphatic carbocycles. The molecular weight excluding hydrogens is 843 g/mol. The summed E-state index contributed by atoms with van der Waals surface area (Å²) in [6.07, 6.45) is 2.69. The molecule has 0 unspecified atom stereocenters. The van der Waals surface area contributed by atoms with Gasteiger partial charge in [-0.05, 0) is 13.1 Å². The zero-order valence-corrected chi connectivity index (χ0v) is 28.7. The first-order valence-corrected chi connectivity index (χ1v) is 11.7. The molecule has 3 nitrogen and oxygen atoms in total. The second kappa shape index (κ2) is 30.0. The van der Waals surface area contributed by atoms with Crippen LogP contribution in [0, 0.1) is 21.3 Å². The van der Waals surface area contributed by atoms with Crippen LogP contribution in [0.3, 0.4) is 0 Å². The van der Waals surface area contributed by atoms with E-state index in [0.717, 1.165) is 19.1 Å². The molecule has 4 N–H and O–H groups in total. The normalized spacial score (nSPS) is 11.7. The van der Waals surface area contributed by atoms with Crippen molar-refractivity contribution in [2.75, 3.05) is 13.1 Å². The van der Waals surface area contributed by atoms with E-state index in [1.807, 2.05) is 36.4 Å². The Morgan fingerprint density at radius 2 is 0.658 bits per heavy atom. The minimum absolute atomic E-state index is 0. The maximum Gasteiger partial charge on any atom is 5.00 e. The van der Waals surface area contributed by atoms with Gasteiger partial charge in [0.2, 0.25) is 0 Å². The molecule has 0 saturated carbocycles. The summed E-state index contributed by atoms with van der Waals surface area (Å²) in [7, 11) is -21.3. The number of benzene rings is 1. The van der Waals surface area contributed by atoms with Gasteiger partial charge in [0.1, 0.15) is 0 Å². The molecule has 0 fully saturated rings. The number of nitrogens with zero attached hydrogens (tertiary/aromatic N) is 1. The van der Waals surface area contributed by atoms with Crippen LogP contribution in [0.2, 0.25) is 0 Å². The van der Waals surface area contributed by atoms with Gasteiger partial charge in [0.15, 0.2) is 0 Å². The third-order valence-corrected chi connectivity index (χ3v) is 1.07. The smallest absolute Gasteiger partial charge is 0.813 e. The van der Waals surface area contributed by atoms with Gasteiger partial charge >= 0.3 is 105 Å². The zero-order valence-electron chi connectivity index (χ0n) is 19.8. The van der Waals surface area contributed by atoms with E-state index in [1.54, 1.807) is 6.92 Å². The molecule has 0 heterocycles. The van der Waals surface area contributed by atoms with Crippen molar-refractivity contribution < 1.29 is 89.3 Å². The standard InChI is InChI=1S/C6H6.2C3H8N.C2H4N.CH3.2F6P.2Ru.4H2S/c1-2-4-6-5-3-1;2*1-2-3-4;1-2-3;;2*1-7(2,3,4,5)6;;;;;;/h1-6H;2*1-4H2;2H,1H3;1H3;;;;;4*1H2/q;6*-1;+3;+5;;;;/p-4. The molecular formula is C15H33F12N3P2Ru2S4-2. The largest absolute Gasteiger partial charge is 5.00 e. The molecule has 0 aliphatic rings. The van der Waals surface area contributed by atoms with Crippen LogP contribution in [0.4, 0.5) is 50.4 Å². The van der Waals surface area contributed by atoms with Gasteiger partial charge in [-0.3, -0.25) is 0 Å². The third kappa shape index (κ3) is 555. The van der Waals surface area contributed by atoms with Crippen molar-refractivity contribution in [3.8, 4) is 0 Å². The summed E-state index contributed by atoms with van der Waals surface area (Å²) >= 11 is 0. The minimum atomic E-state index is -10.7. The average Bonchev–Trinajstić information content (AvgIpc) is 2.52. The molecule has 0 aromatic heterocycles. The summed E-state index contributed by atoms with van der Waals surface area (Å²) in [4.78, 5) is 0. The summed E-state index contributed by atoms with van der Waals surface area (Å²) in [6, 6.07) is 12.0. The first-order chi connectivity index (χ1) is 13.1. The molecule has 23 heteroatoms. The topological polar surface area (TPSA) is 74.3 Å². The van der Waals surface area contributed by atoms with Crippen LogP contribution < -0.4 is 11.5 Å². The van der Waals surface area contributed by atoms with Gasteiger partial charge in [-0.25, -0.2) is 6.21 Å². The van der Waals surface area contributed by atoms with Crippen LogP contribution in [0.15, 0.2) is 36.4 Å². The summed E-state index contributed by atoms with van der Waals surface area (Å²) in [5.74, 6) is 0. The Morgan fingerprint density at radius 1 is 0.605 bits per heavy atom. The average molecular weight is 876 g/mol. The van der Waals surface area contributed by atoms with Crippen molar-refractivity contribution in [2.45, 2.75) is 19.8 Å². The Hall–Kier alpha value is 1.48. The van der Waals surface area contributed by atoms with E-state index in [1.165, 1.54) is 0 Å². The maximum atomic E-state index is 9.87. The molecule has 2 radical (unpaired) electrons. The van der Waals surface area contributed by atoms with Crippen molar-refractivity contribution in [1.29, 1.82) is 0 Å². The number of thiol groups is 4. The van der Waals surface area contributed by atoms with Crippen molar-refractivity contribution in [2.24, 2.45) is 11.5 Å². The molecule has 0 aliphatic heterocycles. The number of halogens is 12. The van der Waals surface area contributed by atoms with Crippen LogP contribution in [-0.4, -0.2) is 19.3 Å². The Morgan fingerprint density at radius 3 is 0.684 bits per heavy atom. The van der Waals surface area contributed by atoms with Gasteiger partial charge in [-0.1, -0.05) is 43.3 Å². The van der Waals surface area contributed by atoms with Crippen molar-refractivity contribution in [1.82, 2.24) is 0 Å². The monoisotopic (exact) mass is 877 g/mol. The SMILES string of the molecule is CC=[N-].F[P-](F)(F)(F)(F)F.F[P-](F)(F)(F)(F)F.[CH2-]CCN.[CH2-]CCN.[CH3-].[Ru+3].[Ru+5].[SH-].[SH-].[SH-].[SH-].c1ccccc1. The first-order valence-electron chi connectivity index (χ1n) is 7.68. The second-order valence-corrected chi connectivity index (χ2v) is 8.45. The van der Waals surface area contributed by atoms with Crippen molar-refractivity contribution in [3.05, 3.63) is 63.1 Å². The molecule has 38 heavy (non-hydrogen) atoms. The Balaban J connectivity index is -0.0000000210. The van der Waals surface area contributed by atoms with E-state index < -0.39 is 15.6 Å². The molecule has 1 aromatic rings. The van der Waals surface area contributed by atoms with Crippen LogP contribution in [0.5, 0.6) is 0 Å². The van der Waals surface area contributed by atoms with Crippen LogP contribution in [0.25, 0.3) is 5.41 Å². The zero-order chi connectivity index (χ0) is 26.6. The molecule has 0 spiro atoms. The van der Waals surface area contributed by atoms with Gasteiger partial charge in [0.25, 0.3) is 0 Å². The summed E-state index contributed by atoms with van der Waals surface area (Å²) in [6.45, 7) is 9.93. The van der Waals surface area contributed by atoms with E-state index in [-0.39, 0.29) is 100 Å².